The third kappa shape index (κ3) is 7.07. The summed E-state index contributed by atoms with van der Waals surface area (Å²) in [4.78, 5) is 33.3. The predicted molar refractivity (Wildman–Crippen MR) is 75.8 cm³/mol. The molecule has 0 aromatic heterocycles. The number of aliphatic carboxylic acids is 1. The second kappa shape index (κ2) is 8.70. The first-order valence-electron chi connectivity index (χ1n) is 6.41. The molecule has 1 rings (SSSR count). The lowest BCUT2D eigenvalue weighted by Gasteiger charge is -2.08. The first kappa shape index (κ1) is 16.6. The van der Waals surface area contributed by atoms with Crippen LogP contribution in [-0.2, 0) is 20.9 Å². The monoisotopic (exact) mass is 294 g/mol. The number of carbonyl (C=O) groups excluding carboxylic acids is 2. The summed E-state index contributed by atoms with van der Waals surface area (Å²) in [5, 5.41) is 13.1. The summed E-state index contributed by atoms with van der Waals surface area (Å²) in [5.74, 6) is -1.48. The van der Waals surface area contributed by atoms with E-state index in [9.17, 15) is 14.4 Å². The second-order valence-electron chi connectivity index (χ2n) is 4.38. The Kier molecular flexibility index (Phi) is 6.90. The highest BCUT2D eigenvalue weighted by Crippen LogP contribution is 2.11. The third-order valence-electron chi connectivity index (χ3n) is 2.54. The largest absolute Gasteiger partial charge is 0.481 e. The zero-order chi connectivity index (χ0) is 15.7. The molecule has 3 N–H and O–H groups in total. The molecule has 0 bridgehead atoms. The maximum atomic E-state index is 11.6. The molecule has 0 fully saturated rings. The minimum Gasteiger partial charge on any atom is -0.481 e. The number of benzene rings is 1. The van der Waals surface area contributed by atoms with Gasteiger partial charge in [-0.1, -0.05) is 12.1 Å². The summed E-state index contributed by atoms with van der Waals surface area (Å²) in [6, 6.07) is 6.39. The van der Waals surface area contributed by atoms with E-state index in [0.717, 1.165) is 5.56 Å². The van der Waals surface area contributed by atoms with E-state index in [1.165, 1.54) is 0 Å². The molecule has 0 atom stereocenters. The fourth-order valence-corrected chi connectivity index (χ4v) is 1.66. The number of imide groups is 1. The van der Waals surface area contributed by atoms with Gasteiger partial charge in [0.15, 0.2) is 0 Å². The van der Waals surface area contributed by atoms with Crippen molar-refractivity contribution in [3.05, 3.63) is 29.8 Å². The van der Waals surface area contributed by atoms with Crippen LogP contribution >= 0.6 is 0 Å². The van der Waals surface area contributed by atoms with Crippen molar-refractivity contribution in [3.63, 3.8) is 0 Å². The SMILES string of the molecule is COCc1cccc(NC(=O)NC(=O)CCCC(=O)O)c1. The minimum absolute atomic E-state index is 0.0105. The van der Waals surface area contributed by atoms with Gasteiger partial charge in [-0.3, -0.25) is 14.9 Å². The van der Waals surface area contributed by atoms with Crippen LogP contribution in [0.3, 0.4) is 0 Å². The van der Waals surface area contributed by atoms with Crippen molar-refractivity contribution in [3.8, 4) is 0 Å². The number of nitrogens with one attached hydrogen (secondary N) is 2. The van der Waals surface area contributed by atoms with E-state index in [-0.39, 0.29) is 19.3 Å². The third-order valence-corrected chi connectivity index (χ3v) is 2.54. The number of carboxylic acids is 1. The molecule has 0 aliphatic carbocycles. The fraction of sp³-hybridized carbons (Fsp3) is 0.357. The van der Waals surface area contributed by atoms with Crippen LogP contribution in [0.15, 0.2) is 24.3 Å². The van der Waals surface area contributed by atoms with Gasteiger partial charge >= 0.3 is 12.0 Å². The van der Waals surface area contributed by atoms with E-state index in [4.69, 9.17) is 9.84 Å². The topological polar surface area (TPSA) is 105 Å². The van der Waals surface area contributed by atoms with Crippen molar-refractivity contribution in [2.24, 2.45) is 0 Å². The lowest BCUT2D eigenvalue weighted by atomic mass is 10.2. The lowest BCUT2D eigenvalue weighted by molar-refractivity contribution is -0.137. The molecule has 0 heterocycles. The van der Waals surface area contributed by atoms with Crippen LogP contribution < -0.4 is 10.6 Å². The quantitative estimate of drug-likeness (QED) is 0.710. The Morgan fingerprint density at radius 2 is 2.00 bits per heavy atom. The zero-order valence-electron chi connectivity index (χ0n) is 11.7. The zero-order valence-corrected chi connectivity index (χ0v) is 11.7. The normalized spacial score (nSPS) is 9.95. The van der Waals surface area contributed by atoms with Crippen LogP contribution in [0.4, 0.5) is 10.5 Å². The Hall–Kier alpha value is -2.41. The molecule has 1 aromatic carbocycles. The van der Waals surface area contributed by atoms with Crippen molar-refractivity contribution < 1.29 is 24.2 Å². The van der Waals surface area contributed by atoms with Crippen LogP contribution in [-0.4, -0.2) is 30.1 Å². The van der Waals surface area contributed by atoms with Crippen LogP contribution in [0.2, 0.25) is 0 Å². The molecule has 3 amide bonds. The van der Waals surface area contributed by atoms with Gasteiger partial charge in [0.2, 0.25) is 5.91 Å². The molecule has 0 unspecified atom stereocenters. The second-order valence-corrected chi connectivity index (χ2v) is 4.38. The van der Waals surface area contributed by atoms with Gasteiger partial charge in [-0.05, 0) is 24.1 Å². The van der Waals surface area contributed by atoms with Gasteiger partial charge in [0.05, 0.1) is 6.61 Å². The molecule has 0 saturated carbocycles. The molecule has 1 aromatic rings. The average molecular weight is 294 g/mol. The summed E-state index contributed by atoms with van der Waals surface area (Å²) in [6.45, 7) is 0.422. The first-order chi connectivity index (χ1) is 10.0. The van der Waals surface area contributed by atoms with E-state index in [1.54, 1.807) is 25.3 Å². The molecule has 114 valence electrons. The van der Waals surface area contributed by atoms with Crippen molar-refractivity contribution in [1.82, 2.24) is 5.32 Å². The summed E-state index contributed by atoms with van der Waals surface area (Å²) >= 11 is 0. The van der Waals surface area contributed by atoms with Crippen molar-refractivity contribution in [2.75, 3.05) is 12.4 Å². The van der Waals surface area contributed by atoms with Crippen LogP contribution in [0.25, 0.3) is 0 Å². The van der Waals surface area contributed by atoms with Crippen molar-refractivity contribution >= 4 is 23.6 Å². The highest BCUT2D eigenvalue weighted by atomic mass is 16.5. The van der Waals surface area contributed by atoms with Gasteiger partial charge in [0.25, 0.3) is 0 Å². The molecule has 21 heavy (non-hydrogen) atoms. The first-order valence-corrected chi connectivity index (χ1v) is 6.41. The van der Waals surface area contributed by atoms with Crippen molar-refractivity contribution in [1.29, 1.82) is 0 Å². The molecule has 0 radical (unpaired) electrons. The molecule has 0 aliphatic heterocycles. The molecular formula is C14H18N2O5. The Morgan fingerprint density at radius 3 is 2.67 bits per heavy atom. The number of rotatable bonds is 7. The molecule has 7 nitrogen and oxygen atoms in total. The number of anilines is 1. The maximum Gasteiger partial charge on any atom is 0.325 e. The Bertz CT molecular complexity index is 516. The highest BCUT2D eigenvalue weighted by Gasteiger charge is 2.09. The molecule has 0 aliphatic rings. The van der Waals surface area contributed by atoms with E-state index >= 15 is 0 Å². The summed E-state index contributed by atoms with van der Waals surface area (Å²) in [7, 11) is 1.57. The number of methoxy groups -OCH3 is 1. The number of carboxylic acid groups (broad SMARTS) is 1. The van der Waals surface area contributed by atoms with Crippen LogP contribution in [0.5, 0.6) is 0 Å². The van der Waals surface area contributed by atoms with Gasteiger partial charge in [-0.25, -0.2) is 4.79 Å². The number of amides is 3. The average Bonchev–Trinajstić information content (AvgIpc) is 2.38. The van der Waals surface area contributed by atoms with Crippen LogP contribution in [0, 0.1) is 0 Å². The number of urea groups is 1. The standard InChI is InChI=1S/C14H18N2O5/c1-21-9-10-4-2-5-11(8-10)15-14(20)16-12(17)6-3-7-13(18)19/h2,4-5,8H,3,6-7,9H2,1H3,(H,18,19)(H2,15,16,17,20). The van der Waals surface area contributed by atoms with E-state index in [1.807, 2.05) is 6.07 Å². The van der Waals surface area contributed by atoms with Crippen molar-refractivity contribution in [2.45, 2.75) is 25.9 Å². The van der Waals surface area contributed by atoms with Gasteiger partial charge in [0.1, 0.15) is 0 Å². The van der Waals surface area contributed by atoms with Gasteiger partial charge < -0.3 is 15.2 Å². The Balaban J connectivity index is 2.40. The number of ether oxygens (including phenoxy) is 1. The van der Waals surface area contributed by atoms with Gasteiger partial charge in [-0.15, -0.1) is 0 Å². The lowest BCUT2D eigenvalue weighted by Crippen LogP contribution is -2.34. The van der Waals surface area contributed by atoms with Gasteiger partial charge in [0, 0.05) is 25.6 Å². The molecule has 0 spiro atoms. The fourth-order valence-electron chi connectivity index (χ4n) is 1.66. The van der Waals surface area contributed by atoms with E-state index in [0.29, 0.717) is 12.3 Å². The molecular weight excluding hydrogens is 276 g/mol. The number of hydrogen-bond acceptors (Lipinski definition) is 4. The van der Waals surface area contributed by atoms with Crippen LogP contribution in [0.1, 0.15) is 24.8 Å². The highest BCUT2D eigenvalue weighted by molar-refractivity contribution is 6.01. The summed E-state index contributed by atoms with van der Waals surface area (Å²) < 4.78 is 4.99. The predicted octanol–water partition coefficient (Wildman–Crippen LogP) is 1.74. The summed E-state index contributed by atoms with van der Waals surface area (Å²) in [6.07, 6.45) is 0.0787. The maximum absolute atomic E-state index is 11.6. The minimum atomic E-state index is -0.970. The smallest absolute Gasteiger partial charge is 0.325 e. The van der Waals surface area contributed by atoms with E-state index in [2.05, 4.69) is 10.6 Å². The summed E-state index contributed by atoms with van der Waals surface area (Å²) in [5.41, 5.74) is 1.43. The van der Waals surface area contributed by atoms with E-state index < -0.39 is 17.9 Å². The van der Waals surface area contributed by atoms with Gasteiger partial charge in [-0.2, -0.15) is 0 Å². The number of hydrogen-bond donors (Lipinski definition) is 3. The molecule has 0 saturated heterocycles. The number of carbonyl (C=O) groups is 3. The Labute approximate surface area is 122 Å². The molecule has 7 heteroatoms. The Morgan fingerprint density at radius 1 is 1.24 bits per heavy atom.